The van der Waals surface area contributed by atoms with E-state index in [1.165, 1.54) is 18.5 Å². The monoisotopic (exact) mass is 556 g/mol. The highest BCUT2D eigenvalue weighted by Gasteiger charge is 2.26. The lowest BCUT2D eigenvalue weighted by Crippen LogP contribution is -2.40. The minimum atomic E-state index is -0.0429. The molecular formula is C32H40N6O3. The van der Waals surface area contributed by atoms with Crippen LogP contribution in [0, 0.1) is 5.92 Å². The van der Waals surface area contributed by atoms with Gasteiger partial charge in [0.25, 0.3) is 0 Å². The number of piperidine rings is 2. The first-order chi connectivity index (χ1) is 20.0. The number of nitrogens with zero attached hydrogens (tertiary/aromatic N) is 5. The van der Waals surface area contributed by atoms with Crippen molar-refractivity contribution in [1.82, 2.24) is 19.8 Å². The van der Waals surface area contributed by atoms with Crippen LogP contribution in [0.25, 0.3) is 10.9 Å². The van der Waals surface area contributed by atoms with E-state index >= 15 is 0 Å². The third kappa shape index (κ3) is 6.39. The van der Waals surface area contributed by atoms with E-state index in [-0.39, 0.29) is 17.9 Å². The second-order valence-corrected chi connectivity index (χ2v) is 11.6. The molecule has 0 atom stereocenters. The van der Waals surface area contributed by atoms with Crippen molar-refractivity contribution in [3.05, 3.63) is 54.5 Å². The third-order valence-electron chi connectivity index (χ3n) is 8.94. The molecular weight excluding hydrogens is 516 g/mol. The highest BCUT2D eigenvalue weighted by atomic mass is 16.5. The number of hydrogen-bond donors (Lipinski definition) is 1. The van der Waals surface area contributed by atoms with E-state index in [4.69, 9.17) is 4.74 Å². The van der Waals surface area contributed by atoms with Gasteiger partial charge in [0, 0.05) is 74.9 Å². The average Bonchev–Trinajstić information content (AvgIpc) is 3.55. The van der Waals surface area contributed by atoms with Crippen LogP contribution in [0.4, 0.5) is 16.2 Å². The summed E-state index contributed by atoms with van der Waals surface area (Å²) in [5.41, 5.74) is 4.00. The molecule has 3 amide bonds. The standard InChI is InChI=1S/C32H40N6O3/c1-23(39)36-16-10-24(11-17-36)21-41-28-8-9-29-30(20-28)33-22-34-31(29)25-12-18-38(19-13-25)32(40)35-26-4-6-27(7-5-26)37-14-2-3-15-37/h4-9,20,22,24-25H,2-3,10-19,21H2,1H3,(H,35,40). The zero-order valence-corrected chi connectivity index (χ0v) is 23.9. The molecule has 216 valence electrons. The molecule has 9 nitrogen and oxygen atoms in total. The Bertz CT molecular complexity index is 1360. The molecule has 0 radical (unpaired) electrons. The van der Waals surface area contributed by atoms with Crippen molar-refractivity contribution in [2.45, 2.75) is 51.4 Å². The Hall–Kier alpha value is -3.88. The van der Waals surface area contributed by atoms with Gasteiger partial charge < -0.3 is 24.8 Å². The number of ether oxygens (including phenoxy) is 1. The Morgan fingerprint density at radius 1 is 0.878 bits per heavy atom. The lowest BCUT2D eigenvalue weighted by Gasteiger charge is -2.32. The number of rotatable bonds is 6. The topological polar surface area (TPSA) is 90.9 Å². The first-order valence-corrected chi connectivity index (χ1v) is 15.1. The minimum Gasteiger partial charge on any atom is -0.493 e. The Labute approximate surface area is 241 Å². The van der Waals surface area contributed by atoms with Gasteiger partial charge in [0.05, 0.1) is 17.8 Å². The van der Waals surface area contributed by atoms with Crippen LogP contribution in [-0.4, -0.2) is 77.6 Å². The Kier molecular flexibility index (Phi) is 8.21. The van der Waals surface area contributed by atoms with Crippen molar-refractivity contribution < 1.29 is 14.3 Å². The molecule has 1 N–H and O–H groups in total. The van der Waals surface area contributed by atoms with E-state index < -0.39 is 0 Å². The molecule has 0 bridgehead atoms. The van der Waals surface area contributed by atoms with Crippen molar-refractivity contribution in [3.63, 3.8) is 0 Å². The number of carbonyl (C=O) groups excluding carboxylic acids is 2. The molecule has 3 aliphatic rings. The quantitative estimate of drug-likeness (QED) is 0.444. The predicted octanol–water partition coefficient (Wildman–Crippen LogP) is 5.28. The number of anilines is 2. The first-order valence-electron chi connectivity index (χ1n) is 15.1. The lowest BCUT2D eigenvalue weighted by molar-refractivity contribution is -0.130. The van der Waals surface area contributed by atoms with Gasteiger partial charge >= 0.3 is 6.03 Å². The lowest BCUT2D eigenvalue weighted by atomic mass is 9.91. The van der Waals surface area contributed by atoms with Crippen LogP contribution in [0.2, 0.25) is 0 Å². The number of aromatic nitrogens is 2. The van der Waals surface area contributed by atoms with E-state index in [1.54, 1.807) is 13.3 Å². The van der Waals surface area contributed by atoms with Crippen LogP contribution in [0.15, 0.2) is 48.8 Å². The maximum Gasteiger partial charge on any atom is 0.321 e. The van der Waals surface area contributed by atoms with E-state index in [0.29, 0.717) is 25.6 Å². The van der Waals surface area contributed by atoms with Crippen LogP contribution in [-0.2, 0) is 4.79 Å². The van der Waals surface area contributed by atoms with Gasteiger partial charge in [-0.3, -0.25) is 4.79 Å². The highest BCUT2D eigenvalue weighted by molar-refractivity contribution is 5.89. The Morgan fingerprint density at radius 2 is 1.59 bits per heavy atom. The molecule has 9 heteroatoms. The smallest absolute Gasteiger partial charge is 0.321 e. The van der Waals surface area contributed by atoms with E-state index in [1.807, 2.05) is 34.1 Å². The van der Waals surface area contributed by atoms with E-state index in [2.05, 4.69) is 38.4 Å². The van der Waals surface area contributed by atoms with Gasteiger partial charge in [0.2, 0.25) is 5.91 Å². The number of fused-ring (bicyclic) bond motifs is 1. The summed E-state index contributed by atoms with van der Waals surface area (Å²) in [6, 6.07) is 14.2. The van der Waals surface area contributed by atoms with Crippen molar-refractivity contribution in [1.29, 1.82) is 0 Å². The van der Waals surface area contributed by atoms with Gasteiger partial charge in [-0.05, 0) is 80.8 Å². The molecule has 2 aromatic carbocycles. The van der Waals surface area contributed by atoms with Gasteiger partial charge in [-0.1, -0.05) is 0 Å². The third-order valence-corrected chi connectivity index (χ3v) is 8.94. The van der Waals surface area contributed by atoms with Gasteiger partial charge in [-0.2, -0.15) is 0 Å². The molecule has 1 aromatic heterocycles. The van der Waals surface area contributed by atoms with Crippen LogP contribution in [0.3, 0.4) is 0 Å². The molecule has 3 saturated heterocycles. The van der Waals surface area contributed by atoms with Gasteiger partial charge in [-0.15, -0.1) is 0 Å². The molecule has 4 heterocycles. The Morgan fingerprint density at radius 3 is 2.29 bits per heavy atom. The van der Waals surface area contributed by atoms with Crippen molar-refractivity contribution in [2.24, 2.45) is 5.92 Å². The SMILES string of the molecule is CC(=O)N1CCC(COc2ccc3c(C4CCN(C(=O)Nc5ccc(N6CCCC6)cc5)CC4)ncnc3c2)CC1. The summed E-state index contributed by atoms with van der Waals surface area (Å²) in [5.74, 6) is 1.71. The summed E-state index contributed by atoms with van der Waals surface area (Å²) < 4.78 is 6.14. The molecule has 3 fully saturated rings. The normalized spacial score (nSPS) is 18.6. The number of carbonyl (C=O) groups is 2. The highest BCUT2D eigenvalue weighted by Crippen LogP contribution is 2.33. The van der Waals surface area contributed by atoms with Gasteiger partial charge in [0.15, 0.2) is 0 Å². The summed E-state index contributed by atoms with van der Waals surface area (Å²) >= 11 is 0. The van der Waals surface area contributed by atoms with Crippen LogP contribution in [0.5, 0.6) is 5.75 Å². The molecule has 0 spiro atoms. The van der Waals surface area contributed by atoms with E-state index in [0.717, 1.165) is 79.9 Å². The number of amides is 3. The second-order valence-electron chi connectivity index (χ2n) is 11.6. The van der Waals surface area contributed by atoms with Crippen molar-refractivity contribution in [3.8, 4) is 5.75 Å². The number of likely N-dealkylation sites (tertiary alicyclic amines) is 2. The minimum absolute atomic E-state index is 0.0429. The predicted molar refractivity (Wildman–Crippen MR) is 160 cm³/mol. The Balaban J connectivity index is 1.02. The van der Waals surface area contributed by atoms with Gasteiger partial charge in [-0.25, -0.2) is 14.8 Å². The molecule has 41 heavy (non-hydrogen) atoms. The molecule has 6 rings (SSSR count). The largest absolute Gasteiger partial charge is 0.493 e. The number of hydrogen-bond acceptors (Lipinski definition) is 6. The maximum atomic E-state index is 13.0. The fourth-order valence-corrected chi connectivity index (χ4v) is 6.39. The fraction of sp³-hybridized carbons (Fsp3) is 0.500. The molecule has 3 aromatic rings. The second kappa shape index (κ2) is 12.3. The zero-order valence-electron chi connectivity index (χ0n) is 23.9. The zero-order chi connectivity index (χ0) is 28.2. The van der Waals surface area contributed by atoms with Crippen LogP contribution in [0.1, 0.15) is 57.1 Å². The van der Waals surface area contributed by atoms with E-state index in [9.17, 15) is 9.59 Å². The summed E-state index contributed by atoms with van der Waals surface area (Å²) in [6.45, 7) is 7.51. The summed E-state index contributed by atoms with van der Waals surface area (Å²) in [6.07, 6.45) is 7.82. The van der Waals surface area contributed by atoms with Crippen LogP contribution < -0.4 is 15.0 Å². The fourth-order valence-electron chi connectivity index (χ4n) is 6.39. The molecule has 0 unspecified atom stereocenters. The van der Waals surface area contributed by atoms with Crippen molar-refractivity contribution in [2.75, 3.05) is 56.1 Å². The number of urea groups is 1. The summed E-state index contributed by atoms with van der Waals surface area (Å²) in [5, 5.41) is 4.13. The maximum absolute atomic E-state index is 13.0. The summed E-state index contributed by atoms with van der Waals surface area (Å²) in [4.78, 5) is 40.0. The van der Waals surface area contributed by atoms with Gasteiger partial charge in [0.1, 0.15) is 12.1 Å². The number of benzene rings is 2. The van der Waals surface area contributed by atoms with Crippen molar-refractivity contribution >= 4 is 34.2 Å². The number of nitrogens with one attached hydrogen (secondary N) is 1. The first kappa shape index (κ1) is 27.3. The summed E-state index contributed by atoms with van der Waals surface area (Å²) in [7, 11) is 0. The molecule has 0 saturated carbocycles. The molecule has 3 aliphatic heterocycles. The molecule has 0 aliphatic carbocycles. The average molecular weight is 557 g/mol. The van der Waals surface area contributed by atoms with Crippen LogP contribution >= 0.6 is 0 Å².